The number of rotatable bonds is 11. The number of aliphatic carboxylic acids is 1. The summed E-state index contributed by atoms with van der Waals surface area (Å²) in [6.07, 6.45) is -14.9. The summed E-state index contributed by atoms with van der Waals surface area (Å²) >= 11 is 0. The summed E-state index contributed by atoms with van der Waals surface area (Å²) < 4.78 is 33.5. The van der Waals surface area contributed by atoms with Crippen LogP contribution in [0.15, 0.2) is 17.1 Å². The Balaban J connectivity index is 0.00000616. The molecule has 2 fully saturated rings. The number of anilines is 1. The van der Waals surface area contributed by atoms with Crippen molar-refractivity contribution >= 4 is 25.5 Å². The normalized spacial score (nSPS) is 34.0. The monoisotopic (exact) mass is 636 g/mol. The molecule has 0 spiro atoms. The van der Waals surface area contributed by atoms with Crippen molar-refractivity contribution in [1.82, 2.24) is 14.9 Å². The summed E-state index contributed by atoms with van der Waals surface area (Å²) in [7, 11) is -5.56. The number of phosphoric acid groups is 1. The van der Waals surface area contributed by atoms with Crippen molar-refractivity contribution in [3.8, 4) is 0 Å². The van der Waals surface area contributed by atoms with Crippen molar-refractivity contribution in [2.24, 2.45) is 0 Å². The summed E-state index contributed by atoms with van der Waals surface area (Å²) in [6, 6.07) is -0.396. The zero-order valence-electron chi connectivity index (χ0n) is 22.2. The number of aliphatic hydroxyl groups is 6. The number of hydrogen-bond donors (Lipinski definition) is 9. The number of nitrogens with zero attached hydrogens (tertiary/aromatic N) is 2. The first kappa shape index (κ1) is 36.6. The molecule has 1 aromatic heterocycles. The molecular formula is C20H30N4NaO16P. The van der Waals surface area contributed by atoms with Gasteiger partial charge in [-0.05, 0) is 6.07 Å². The van der Waals surface area contributed by atoms with E-state index in [2.05, 4.69) is 10.3 Å². The van der Waals surface area contributed by atoms with Crippen molar-refractivity contribution in [2.75, 3.05) is 18.9 Å². The first-order valence-electron chi connectivity index (χ1n) is 11.9. The van der Waals surface area contributed by atoms with Crippen molar-refractivity contribution in [3.63, 3.8) is 0 Å². The van der Waals surface area contributed by atoms with Crippen molar-refractivity contribution in [1.29, 1.82) is 0 Å². The molecule has 0 radical (unpaired) electrons. The molecular weight excluding hydrogens is 606 g/mol. The van der Waals surface area contributed by atoms with Gasteiger partial charge in [-0.2, -0.15) is 4.98 Å². The fourth-order valence-corrected chi connectivity index (χ4v) is 5.26. The van der Waals surface area contributed by atoms with E-state index in [1.54, 1.807) is 0 Å². The van der Waals surface area contributed by atoms with Gasteiger partial charge >= 0.3 is 43.1 Å². The third-order valence-electron chi connectivity index (χ3n) is 6.30. The molecule has 0 aromatic carbocycles. The number of carbonyl (C=O) groups is 2. The number of carboxylic acid groups (broad SMARTS) is 1. The van der Waals surface area contributed by atoms with Gasteiger partial charge in [0.15, 0.2) is 6.23 Å². The van der Waals surface area contributed by atoms with E-state index in [0.29, 0.717) is 0 Å². The van der Waals surface area contributed by atoms with Crippen LogP contribution >= 0.6 is 7.82 Å². The van der Waals surface area contributed by atoms with E-state index in [4.69, 9.17) is 24.3 Å². The van der Waals surface area contributed by atoms with Crippen LogP contribution in [0.5, 0.6) is 0 Å². The molecule has 1 amide bonds. The Morgan fingerprint density at radius 2 is 1.98 bits per heavy atom. The number of aromatic nitrogens is 2. The van der Waals surface area contributed by atoms with Crippen LogP contribution < -0.4 is 51.4 Å². The molecule has 2 saturated heterocycles. The maximum absolute atomic E-state index is 12.8. The van der Waals surface area contributed by atoms with E-state index in [-0.39, 0.29) is 35.4 Å². The average molecular weight is 636 g/mol. The van der Waals surface area contributed by atoms with Gasteiger partial charge in [0.25, 0.3) is 0 Å². The molecule has 3 heterocycles. The first-order valence-corrected chi connectivity index (χ1v) is 13.4. The number of carbonyl (C=O) groups excluding carboxylic acids is 2. The van der Waals surface area contributed by atoms with E-state index in [1.165, 1.54) is 6.07 Å². The van der Waals surface area contributed by atoms with Crippen LogP contribution in [-0.2, 0) is 32.7 Å². The van der Waals surface area contributed by atoms with E-state index in [0.717, 1.165) is 17.7 Å². The molecule has 3 rings (SSSR count). The zero-order valence-corrected chi connectivity index (χ0v) is 25.1. The van der Waals surface area contributed by atoms with Gasteiger partial charge in [0.05, 0.1) is 25.4 Å². The Bertz CT molecular complexity index is 1220. The van der Waals surface area contributed by atoms with Gasteiger partial charge < -0.3 is 66.0 Å². The van der Waals surface area contributed by atoms with Crippen LogP contribution in [-0.4, -0.2) is 125 Å². The first-order chi connectivity index (χ1) is 19.0. The Hall–Kier alpha value is -1.59. The predicted octanol–water partition coefficient (Wildman–Crippen LogP) is -9.60. The number of aliphatic hydroxyl groups excluding tert-OH is 6. The fourth-order valence-electron chi connectivity index (χ4n) is 4.31. The molecule has 20 nitrogen and oxygen atoms in total. The van der Waals surface area contributed by atoms with Crippen LogP contribution in [0.2, 0.25) is 0 Å². The second kappa shape index (κ2) is 14.5. The van der Waals surface area contributed by atoms with Gasteiger partial charge in [0, 0.05) is 19.5 Å². The summed E-state index contributed by atoms with van der Waals surface area (Å²) in [6.45, 7) is -1.10. The second-order valence-corrected chi connectivity index (χ2v) is 10.7. The van der Waals surface area contributed by atoms with Gasteiger partial charge in [0.1, 0.15) is 48.4 Å². The molecule has 2 aliphatic rings. The number of phosphoric ester groups is 1. The van der Waals surface area contributed by atoms with E-state index >= 15 is 0 Å². The molecule has 11 atom stereocenters. The van der Waals surface area contributed by atoms with Crippen LogP contribution in [0.1, 0.15) is 19.6 Å². The van der Waals surface area contributed by atoms with Crippen LogP contribution in [0.3, 0.4) is 0 Å². The van der Waals surface area contributed by atoms with E-state index in [1.807, 2.05) is 0 Å². The molecule has 42 heavy (non-hydrogen) atoms. The number of nitrogens with one attached hydrogen (secondary N) is 1. The van der Waals surface area contributed by atoms with E-state index in [9.17, 15) is 59.6 Å². The Morgan fingerprint density at radius 3 is 2.52 bits per heavy atom. The van der Waals surface area contributed by atoms with E-state index < -0.39 is 106 Å². The average Bonchev–Trinajstić information content (AvgIpc) is 3.16. The minimum atomic E-state index is -5.56. The molecule has 0 saturated carbocycles. The number of hydrogen-bond acceptors (Lipinski definition) is 17. The van der Waals surface area contributed by atoms with Gasteiger partial charge in [-0.25, -0.2) is 13.9 Å². The largest absolute Gasteiger partial charge is 1.00 e. The fraction of sp³-hybridized carbons (Fsp3) is 0.700. The Kier molecular flexibility index (Phi) is 12.6. The van der Waals surface area contributed by atoms with Crippen molar-refractivity contribution in [2.45, 2.75) is 74.1 Å². The molecule has 232 valence electrons. The minimum Gasteiger partial charge on any atom is -0.544 e. The topological polar surface area (TPSA) is 326 Å². The number of ether oxygens (including phenoxy) is 2. The second-order valence-electron chi connectivity index (χ2n) is 9.31. The summed E-state index contributed by atoms with van der Waals surface area (Å²) in [5.41, 5.74) is 4.45. The predicted molar refractivity (Wildman–Crippen MR) is 126 cm³/mol. The van der Waals surface area contributed by atoms with Gasteiger partial charge in [-0.3, -0.25) is 13.9 Å². The van der Waals surface area contributed by atoms with Crippen molar-refractivity contribution < 1.29 is 103 Å². The smallest absolute Gasteiger partial charge is 0.544 e. The number of carboxylic acids is 1. The zero-order chi connectivity index (χ0) is 30.9. The number of nitrogen functional groups attached to an aromatic ring is 1. The van der Waals surface area contributed by atoms with Crippen molar-refractivity contribution in [3.05, 3.63) is 22.7 Å². The number of nitrogens with two attached hydrogens (primary N) is 1. The minimum absolute atomic E-state index is 0. The Labute approximate surface area is 258 Å². The third kappa shape index (κ3) is 8.11. The SMILES string of the molecule is CC(=O)N[C@H]1[C@H]([C@H](O)[C@H](O)CO)O[C@@](OP(=O)(O)OC[C@H]2O[C@@H](n3ccc(N)nc3=O)[C@H](O)[C@@H]2O)(C(=O)[O-])C[C@@H]1O.[Na+]. The Morgan fingerprint density at radius 1 is 1.33 bits per heavy atom. The van der Waals surface area contributed by atoms with Gasteiger partial charge in [0.2, 0.25) is 11.7 Å². The quantitative estimate of drug-likeness (QED) is 0.0804. The molecule has 2 aliphatic heterocycles. The summed E-state index contributed by atoms with van der Waals surface area (Å²) in [4.78, 5) is 49.4. The molecule has 22 heteroatoms. The summed E-state index contributed by atoms with van der Waals surface area (Å²) in [5.74, 6) is -6.58. The van der Waals surface area contributed by atoms with Crippen LogP contribution in [0, 0.1) is 0 Å². The molecule has 0 bridgehead atoms. The molecule has 1 aromatic rings. The van der Waals surface area contributed by atoms with Crippen LogP contribution in [0.25, 0.3) is 0 Å². The maximum atomic E-state index is 12.8. The summed E-state index contributed by atoms with van der Waals surface area (Å²) in [5, 5.41) is 74.8. The molecule has 10 N–H and O–H groups in total. The standard InChI is InChI=1S/C20H31N4O16P.Na/c1-7(26)22-12-8(27)4-20(18(32)33,39-16(12)13(29)9(28)5-25)40-41(35,36)37-6-10-14(30)15(31)17(38-10)24-3-2-11(21)23-19(24)34;/h2-3,8-10,12-17,25,27-31H,4-6H2,1H3,(H,22,26)(H,32,33)(H,35,36)(H2,21,23,34);/q;+1/p-1/t8-,9+,10+,12+,13+,14+,15+,16+,17+,20-;/m0./s1. The molecule has 1 unspecified atom stereocenters. The maximum Gasteiger partial charge on any atom is 1.00 e. The third-order valence-corrected chi connectivity index (χ3v) is 7.30. The van der Waals surface area contributed by atoms with Gasteiger partial charge in [-0.15, -0.1) is 0 Å². The molecule has 0 aliphatic carbocycles. The van der Waals surface area contributed by atoms with Gasteiger partial charge in [-0.1, -0.05) is 0 Å². The van der Waals surface area contributed by atoms with Crippen LogP contribution in [0.4, 0.5) is 5.82 Å². The number of amides is 1.